The lowest BCUT2D eigenvalue weighted by Crippen LogP contribution is -2.09. The van der Waals surface area contributed by atoms with Crippen molar-refractivity contribution in [2.75, 3.05) is 10.2 Å². The molecule has 3 heteroatoms. The first-order valence-electron chi connectivity index (χ1n) is 13.2. The van der Waals surface area contributed by atoms with E-state index in [-0.39, 0.29) is 0 Å². The summed E-state index contributed by atoms with van der Waals surface area (Å²) in [4.78, 5) is 2.27. The third kappa shape index (κ3) is 4.30. The molecule has 0 aliphatic rings. The first-order valence-corrected chi connectivity index (χ1v) is 13.2. The van der Waals surface area contributed by atoms with Crippen LogP contribution in [0.1, 0.15) is 0 Å². The molecule has 0 aliphatic heterocycles. The number of hydrogen-bond acceptors (Lipinski definition) is 2. The van der Waals surface area contributed by atoms with Gasteiger partial charge in [0, 0.05) is 44.9 Å². The molecule has 0 saturated carbocycles. The molecule has 0 fully saturated rings. The number of nitrogens with one attached hydrogen (secondary N) is 1. The molecule has 0 spiro atoms. The van der Waals surface area contributed by atoms with Gasteiger partial charge in [-0.25, -0.2) is 0 Å². The third-order valence-corrected chi connectivity index (χ3v) is 7.13. The van der Waals surface area contributed by atoms with E-state index in [9.17, 15) is 0 Å². The zero-order valence-electron chi connectivity index (χ0n) is 21.4. The summed E-state index contributed by atoms with van der Waals surface area (Å²) in [5.74, 6) is 0. The number of aromatic nitrogens is 1. The summed E-state index contributed by atoms with van der Waals surface area (Å²) in [5, 5.41) is 6.11. The zero-order chi connectivity index (χ0) is 26.0. The van der Waals surface area contributed by atoms with Gasteiger partial charge in [-0.1, -0.05) is 72.8 Å². The molecule has 39 heavy (non-hydrogen) atoms. The highest BCUT2D eigenvalue weighted by molar-refractivity contribution is 6.10. The van der Waals surface area contributed by atoms with Crippen molar-refractivity contribution in [3.05, 3.63) is 158 Å². The molecule has 6 aromatic carbocycles. The van der Waals surface area contributed by atoms with Crippen LogP contribution in [0, 0.1) is 0 Å². The molecule has 1 N–H and O–H groups in total. The summed E-state index contributed by atoms with van der Waals surface area (Å²) < 4.78 is 2.34. The first kappa shape index (κ1) is 22.9. The summed E-state index contributed by atoms with van der Waals surface area (Å²) in [6.07, 6.45) is 0. The summed E-state index contributed by atoms with van der Waals surface area (Å²) in [5.41, 5.74) is 9.06. The van der Waals surface area contributed by atoms with Gasteiger partial charge in [0.25, 0.3) is 0 Å². The Morgan fingerprint density at radius 2 is 0.923 bits per heavy atom. The van der Waals surface area contributed by atoms with Crippen molar-refractivity contribution in [2.24, 2.45) is 0 Å². The van der Waals surface area contributed by atoms with E-state index >= 15 is 0 Å². The Kier molecular flexibility index (Phi) is 5.80. The van der Waals surface area contributed by atoms with Gasteiger partial charge in [-0.05, 0) is 84.9 Å². The molecule has 186 valence electrons. The molecule has 0 aliphatic carbocycles. The van der Waals surface area contributed by atoms with Crippen molar-refractivity contribution in [1.29, 1.82) is 0 Å². The Bertz CT molecular complexity index is 1820. The molecule has 0 atom stereocenters. The van der Waals surface area contributed by atoms with E-state index in [4.69, 9.17) is 0 Å². The van der Waals surface area contributed by atoms with Crippen molar-refractivity contribution >= 4 is 50.2 Å². The lowest BCUT2D eigenvalue weighted by molar-refractivity contribution is 1.18. The SMILES string of the molecule is c1ccc(N(c2ccccc2)c2ccc(Nc3ccc4c(c3)c3ccccc3n4-c3ccccc3)cc2)cc1. The highest BCUT2D eigenvalue weighted by Crippen LogP contribution is 2.36. The second-order valence-electron chi connectivity index (χ2n) is 9.60. The second kappa shape index (κ2) is 9.88. The van der Waals surface area contributed by atoms with E-state index in [0.29, 0.717) is 0 Å². The Hall–Kier alpha value is -5.28. The second-order valence-corrected chi connectivity index (χ2v) is 9.60. The van der Waals surface area contributed by atoms with Crippen LogP contribution >= 0.6 is 0 Å². The maximum Gasteiger partial charge on any atom is 0.0542 e. The van der Waals surface area contributed by atoms with E-state index in [1.54, 1.807) is 0 Å². The van der Waals surface area contributed by atoms with E-state index in [1.807, 2.05) is 12.1 Å². The standard InChI is InChI=1S/C36H27N3/c1-4-12-29(13-5-1)38(30-14-6-2-7-15-30)32-23-20-27(21-24-32)37-28-22-25-36-34(26-28)33-18-10-11-19-35(33)39(36)31-16-8-3-9-17-31/h1-26,37H. The minimum absolute atomic E-state index is 1.05. The maximum absolute atomic E-state index is 3.63. The molecule has 3 nitrogen and oxygen atoms in total. The van der Waals surface area contributed by atoms with E-state index in [0.717, 1.165) is 28.4 Å². The largest absolute Gasteiger partial charge is 0.356 e. The molecular formula is C36H27N3. The predicted octanol–water partition coefficient (Wildman–Crippen LogP) is 10.00. The van der Waals surface area contributed by atoms with Gasteiger partial charge in [0.1, 0.15) is 0 Å². The molecule has 0 amide bonds. The highest BCUT2D eigenvalue weighted by Gasteiger charge is 2.14. The van der Waals surface area contributed by atoms with Crippen molar-refractivity contribution in [3.8, 4) is 5.69 Å². The van der Waals surface area contributed by atoms with Crippen LogP contribution in [0.4, 0.5) is 28.4 Å². The lowest BCUT2D eigenvalue weighted by Gasteiger charge is -2.25. The average Bonchev–Trinajstić information content (AvgIpc) is 3.33. The van der Waals surface area contributed by atoms with Gasteiger partial charge in [-0.15, -0.1) is 0 Å². The molecule has 0 radical (unpaired) electrons. The highest BCUT2D eigenvalue weighted by atomic mass is 15.1. The summed E-state index contributed by atoms with van der Waals surface area (Å²) in [6, 6.07) is 55.4. The summed E-state index contributed by atoms with van der Waals surface area (Å²) in [7, 11) is 0. The van der Waals surface area contributed by atoms with E-state index in [2.05, 4.69) is 160 Å². The van der Waals surface area contributed by atoms with Crippen molar-refractivity contribution in [3.63, 3.8) is 0 Å². The van der Waals surface area contributed by atoms with Gasteiger partial charge in [-0.3, -0.25) is 0 Å². The van der Waals surface area contributed by atoms with Crippen molar-refractivity contribution in [1.82, 2.24) is 4.57 Å². The van der Waals surface area contributed by atoms with E-state index < -0.39 is 0 Å². The fraction of sp³-hybridized carbons (Fsp3) is 0. The van der Waals surface area contributed by atoms with E-state index in [1.165, 1.54) is 27.5 Å². The Balaban J connectivity index is 1.23. The third-order valence-electron chi connectivity index (χ3n) is 7.13. The van der Waals surface area contributed by atoms with Crippen LogP contribution in [0.25, 0.3) is 27.5 Å². The van der Waals surface area contributed by atoms with Gasteiger partial charge >= 0.3 is 0 Å². The minimum Gasteiger partial charge on any atom is -0.356 e. The molecule has 1 aromatic heterocycles. The zero-order valence-corrected chi connectivity index (χ0v) is 21.4. The van der Waals surface area contributed by atoms with Gasteiger partial charge in [0.15, 0.2) is 0 Å². The number of benzene rings is 6. The first-order chi connectivity index (χ1) is 19.3. The number of hydrogen-bond donors (Lipinski definition) is 1. The molecule has 1 heterocycles. The number of nitrogens with zero attached hydrogens (tertiary/aromatic N) is 2. The number of rotatable bonds is 6. The van der Waals surface area contributed by atoms with Crippen molar-refractivity contribution in [2.45, 2.75) is 0 Å². The summed E-state index contributed by atoms with van der Waals surface area (Å²) in [6.45, 7) is 0. The quantitative estimate of drug-likeness (QED) is 0.245. The monoisotopic (exact) mass is 501 g/mol. The van der Waals surface area contributed by atoms with Crippen molar-refractivity contribution < 1.29 is 0 Å². The topological polar surface area (TPSA) is 20.2 Å². The normalized spacial score (nSPS) is 11.1. The van der Waals surface area contributed by atoms with Gasteiger partial charge in [-0.2, -0.15) is 0 Å². The fourth-order valence-corrected chi connectivity index (χ4v) is 5.37. The number of anilines is 5. The van der Waals surface area contributed by atoms with Crippen LogP contribution in [0.5, 0.6) is 0 Å². The molecule has 7 aromatic rings. The van der Waals surface area contributed by atoms with Crippen LogP contribution in [-0.2, 0) is 0 Å². The molecule has 7 rings (SSSR count). The lowest BCUT2D eigenvalue weighted by atomic mass is 10.1. The Labute approximate surface area is 228 Å². The molecule has 0 bridgehead atoms. The van der Waals surface area contributed by atoms with Gasteiger partial charge < -0.3 is 14.8 Å². The Morgan fingerprint density at radius 1 is 0.410 bits per heavy atom. The average molecular weight is 502 g/mol. The molecule has 0 saturated heterocycles. The molecule has 0 unspecified atom stereocenters. The smallest absolute Gasteiger partial charge is 0.0542 e. The fourth-order valence-electron chi connectivity index (χ4n) is 5.37. The maximum atomic E-state index is 3.63. The number of fused-ring (bicyclic) bond motifs is 3. The number of para-hydroxylation sites is 4. The van der Waals surface area contributed by atoms with Crippen LogP contribution < -0.4 is 10.2 Å². The minimum atomic E-state index is 1.05. The van der Waals surface area contributed by atoms with Crippen LogP contribution in [-0.4, -0.2) is 4.57 Å². The van der Waals surface area contributed by atoms with Crippen LogP contribution in [0.3, 0.4) is 0 Å². The molecular weight excluding hydrogens is 474 g/mol. The van der Waals surface area contributed by atoms with Gasteiger partial charge in [0.05, 0.1) is 11.0 Å². The Morgan fingerprint density at radius 3 is 1.59 bits per heavy atom. The van der Waals surface area contributed by atoms with Crippen LogP contribution in [0.15, 0.2) is 158 Å². The predicted molar refractivity (Wildman–Crippen MR) is 165 cm³/mol. The summed E-state index contributed by atoms with van der Waals surface area (Å²) >= 11 is 0. The van der Waals surface area contributed by atoms with Gasteiger partial charge in [0.2, 0.25) is 0 Å². The van der Waals surface area contributed by atoms with Crippen LogP contribution in [0.2, 0.25) is 0 Å².